The van der Waals surface area contributed by atoms with Gasteiger partial charge < -0.3 is 4.42 Å². The molecule has 0 spiro atoms. The van der Waals surface area contributed by atoms with Crippen LogP contribution in [0, 0.1) is 11.6 Å². The summed E-state index contributed by atoms with van der Waals surface area (Å²) >= 11 is 4.68. The molecule has 1 aromatic heterocycles. The first-order chi connectivity index (χ1) is 10.9. The molecule has 2 N–H and O–H groups in total. The number of amides is 2. The topological polar surface area (TPSA) is 71.3 Å². The van der Waals surface area contributed by atoms with Gasteiger partial charge in [-0.3, -0.25) is 20.2 Å². The molecule has 2 amide bonds. The second kappa shape index (κ2) is 5.73. The third-order valence-electron chi connectivity index (χ3n) is 3.05. The van der Waals surface area contributed by atoms with E-state index in [2.05, 4.69) is 22.9 Å². The van der Waals surface area contributed by atoms with Crippen molar-refractivity contribution in [3.8, 4) is 11.3 Å². The third kappa shape index (κ3) is 3.02. The van der Waals surface area contributed by atoms with Crippen molar-refractivity contribution in [1.82, 2.24) is 10.6 Å². The average molecular weight is 334 g/mol. The van der Waals surface area contributed by atoms with E-state index in [0.29, 0.717) is 0 Å². The Bertz CT molecular complexity index is 851. The van der Waals surface area contributed by atoms with Crippen molar-refractivity contribution in [2.75, 3.05) is 0 Å². The molecule has 5 nitrogen and oxygen atoms in total. The van der Waals surface area contributed by atoms with Gasteiger partial charge in [-0.05, 0) is 42.6 Å². The lowest BCUT2D eigenvalue weighted by atomic mass is 10.1. The molecule has 0 atom stereocenters. The van der Waals surface area contributed by atoms with Crippen LogP contribution >= 0.6 is 12.2 Å². The summed E-state index contributed by atoms with van der Waals surface area (Å²) in [5, 5.41) is 4.49. The summed E-state index contributed by atoms with van der Waals surface area (Å²) in [5.74, 6) is -2.50. The van der Waals surface area contributed by atoms with Crippen LogP contribution in [-0.4, -0.2) is 16.9 Å². The second-order valence-electron chi connectivity index (χ2n) is 4.62. The zero-order chi connectivity index (χ0) is 16.6. The quantitative estimate of drug-likeness (QED) is 0.501. The summed E-state index contributed by atoms with van der Waals surface area (Å²) in [6.45, 7) is 0. The first kappa shape index (κ1) is 15.0. The Hall–Kier alpha value is -2.87. The lowest BCUT2D eigenvalue weighted by Crippen LogP contribution is -2.51. The predicted molar refractivity (Wildman–Crippen MR) is 80.9 cm³/mol. The first-order valence-electron chi connectivity index (χ1n) is 6.37. The van der Waals surface area contributed by atoms with E-state index in [1.807, 2.05) is 0 Å². The van der Waals surface area contributed by atoms with E-state index in [1.165, 1.54) is 24.3 Å². The normalized spacial score (nSPS) is 14.5. The smallest absolute Gasteiger partial charge is 0.263 e. The maximum Gasteiger partial charge on any atom is 0.263 e. The van der Waals surface area contributed by atoms with E-state index in [1.54, 1.807) is 0 Å². The van der Waals surface area contributed by atoms with Crippen LogP contribution in [0.25, 0.3) is 17.4 Å². The molecule has 0 aliphatic carbocycles. The van der Waals surface area contributed by atoms with Gasteiger partial charge >= 0.3 is 0 Å². The van der Waals surface area contributed by atoms with Crippen molar-refractivity contribution in [2.45, 2.75) is 0 Å². The fourth-order valence-corrected chi connectivity index (χ4v) is 2.20. The van der Waals surface area contributed by atoms with Gasteiger partial charge in [0.1, 0.15) is 28.7 Å². The molecule has 2 aromatic rings. The Morgan fingerprint density at radius 3 is 2.39 bits per heavy atom. The van der Waals surface area contributed by atoms with E-state index in [4.69, 9.17) is 4.42 Å². The van der Waals surface area contributed by atoms with Gasteiger partial charge in [-0.2, -0.15) is 0 Å². The van der Waals surface area contributed by atoms with Crippen LogP contribution in [0.4, 0.5) is 8.78 Å². The van der Waals surface area contributed by atoms with Crippen LogP contribution in [0.5, 0.6) is 0 Å². The van der Waals surface area contributed by atoms with Gasteiger partial charge in [-0.25, -0.2) is 8.78 Å². The minimum Gasteiger partial charge on any atom is -0.457 e. The molecule has 1 saturated heterocycles. The zero-order valence-corrected chi connectivity index (χ0v) is 12.2. The van der Waals surface area contributed by atoms with Crippen molar-refractivity contribution in [3.05, 3.63) is 53.3 Å². The lowest BCUT2D eigenvalue weighted by molar-refractivity contribution is -0.123. The predicted octanol–water partition coefficient (Wildman–Crippen LogP) is 2.14. The molecule has 116 valence electrons. The van der Waals surface area contributed by atoms with Crippen LogP contribution in [0.1, 0.15) is 5.76 Å². The number of halogens is 2. The molecule has 0 saturated carbocycles. The molecule has 23 heavy (non-hydrogen) atoms. The molecule has 3 rings (SSSR count). The Morgan fingerprint density at radius 2 is 1.74 bits per heavy atom. The number of carbonyl (C=O) groups is 2. The second-order valence-corrected chi connectivity index (χ2v) is 5.03. The fourth-order valence-electron chi connectivity index (χ4n) is 2.01. The van der Waals surface area contributed by atoms with Crippen molar-refractivity contribution in [2.24, 2.45) is 0 Å². The minimum absolute atomic E-state index is 0.0646. The number of furan rings is 1. The molecule has 0 radical (unpaired) electrons. The Labute approximate surface area is 134 Å². The highest BCUT2D eigenvalue weighted by atomic mass is 32.1. The molecule has 0 unspecified atom stereocenters. The highest BCUT2D eigenvalue weighted by molar-refractivity contribution is 7.80. The molecule has 1 aliphatic rings. The number of benzene rings is 1. The first-order valence-corrected chi connectivity index (χ1v) is 6.78. The lowest BCUT2D eigenvalue weighted by Gasteiger charge is -2.15. The van der Waals surface area contributed by atoms with Gasteiger partial charge in [0.05, 0.1) is 5.56 Å². The Balaban J connectivity index is 1.93. The highest BCUT2D eigenvalue weighted by Gasteiger charge is 2.26. The summed E-state index contributed by atoms with van der Waals surface area (Å²) in [6, 6.07) is 5.98. The van der Waals surface area contributed by atoms with Gasteiger partial charge in [0.25, 0.3) is 11.8 Å². The summed E-state index contributed by atoms with van der Waals surface area (Å²) in [4.78, 5) is 23.4. The van der Waals surface area contributed by atoms with Crippen molar-refractivity contribution in [3.63, 3.8) is 0 Å². The third-order valence-corrected chi connectivity index (χ3v) is 3.26. The Kier molecular flexibility index (Phi) is 3.75. The maximum atomic E-state index is 13.7. The van der Waals surface area contributed by atoms with E-state index in [-0.39, 0.29) is 27.8 Å². The van der Waals surface area contributed by atoms with Crippen LogP contribution < -0.4 is 10.6 Å². The Morgan fingerprint density at radius 1 is 1.04 bits per heavy atom. The molecule has 2 heterocycles. The van der Waals surface area contributed by atoms with Gasteiger partial charge in [0.15, 0.2) is 5.11 Å². The molecule has 0 bridgehead atoms. The molecular weight excluding hydrogens is 326 g/mol. The van der Waals surface area contributed by atoms with Crippen molar-refractivity contribution >= 4 is 35.2 Å². The van der Waals surface area contributed by atoms with E-state index >= 15 is 0 Å². The van der Waals surface area contributed by atoms with Crippen LogP contribution in [0.15, 0.2) is 40.3 Å². The summed E-state index contributed by atoms with van der Waals surface area (Å²) in [5.41, 5.74) is -0.131. The van der Waals surface area contributed by atoms with Gasteiger partial charge in [-0.15, -0.1) is 0 Å². The average Bonchev–Trinajstić information content (AvgIpc) is 2.91. The van der Waals surface area contributed by atoms with Gasteiger partial charge in [-0.1, -0.05) is 0 Å². The number of thiocarbonyl (C=S) groups is 1. The van der Waals surface area contributed by atoms with Gasteiger partial charge in [0.2, 0.25) is 0 Å². The number of hydrogen-bond acceptors (Lipinski definition) is 4. The largest absolute Gasteiger partial charge is 0.457 e. The fraction of sp³-hybridized carbons (Fsp3) is 0. The van der Waals surface area contributed by atoms with Crippen LogP contribution in [0.3, 0.4) is 0 Å². The number of hydrogen-bond donors (Lipinski definition) is 2. The van der Waals surface area contributed by atoms with E-state index in [9.17, 15) is 18.4 Å². The summed E-state index contributed by atoms with van der Waals surface area (Å²) < 4.78 is 32.0. The van der Waals surface area contributed by atoms with Crippen LogP contribution in [0.2, 0.25) is 0 Å². The highest BCUT2D eigenvalue weighted by Crippen LogP contribution is 2.26. The number of carbonyl (C=O) groups excluding carboxylic acids is 2. The van der Waals surface area contributed by atoms with Crippen LogP contribution in [-0.2, 0) is 9.59 Å². The number of rotatable bonds is 2. The summed E-state index contributed by atoms with van der Waals surface area (Å²) in [6.07, 6.45) is 1.21. The molecular formula is C15H8F2N2O3S. The standard InChI is InChI=1S/C15H8F2N2O3S/c16-7-1-3-9(11(17)5-7)12-4-2-8(22-12)6-10-13(20)18-15(23)19-14(10)21/h1-6H,(H2,18,19,20,21,23). The van der Waals surface area contributed by atoms with E-state index < -0.39 is 23.4 Å². The van der Waals surface area contributed by atoms with Crippen molar-refractivity contribution < 1.29 is 22.8 Å². The molecule has 1 aliphatic heterocycles. The minimum atomic E-state index is -0.781. The number of nitrogens with one attached hydrogen (secondary N) is 2. The SMILES string of the molecule is O=C1NC(=S)NC(=O)C1=Cc1ccc(-c2ccc(F)cc2F)o1. The van der Waals surface area contributed by atoms with Gasteiger partial charge in [0, 0.05) is 6.07 Å². The molecule has 1 aromatic carbocycles. The monoisotopic (exact) mass is 334 g/mol. The van der Waals surface area contributed by atoms with Crippen molar-refractivity contribution in [1.29, 1.82) is 0 Å². The molecule has 1 fully saturated rings. The van der Waals surface area contributed by atoms with E-state index in [0.717, 1.165) is 12.1 Å². The zero-order valence-electron chi connectivity index (χ0n) is 11.4. The molecule has 8 heteroatoms. The maximum absolute atomic E-state index is 13.7. The summed E-state index contributed by atoms with van der Waals surface area (Å²) in [7, 11) is 0.